The van der Waals surface area contributed by atoms with Crippen molar-refractivity contribution in [3.05, 3.63) is 104 Å². The fourth-order valence-corrected chi connectivity index (χ4v) is 3.30. The summed E-state index contributed by atoms with van der Waals surface area (Å²) >= 11 is 12.0. The van der Waals surface area contributed by atoms with E-state index in [1.165, 1.54) is 18.2 Å². The van der Waals surface area contributed by atoms with Crippen LogP contribution in [0.5, 0.6) is 5.75 Å². The highest BCUT2D eigenvalue weighted by Crippen LogP contribution is 2.27. The summed E-state index contributed by atoms with van der Waals surface area (Å²) in [5.41, 5.74) is 0.748. The number of halogens is 2. The van der Waals surface area contributed by atoms with Gasteiger partial charge in [-0.25, -0.2) is 0 Å². The minimum absolute atomic E-state index is 0.0511. The summed E-state index contributed by atoms with van der Waals surface area (Å²) in [6, 6.07) is 16.0. The Kier molecular flexibility index (Phi) is 6.62. The number of aromatic nitrogens is 2. The second-order valence-corrected chi connectivity index (χ2v) is 7.70. The largest absolute Gasteiger partial charge is 0.479 e. The lowest BCUT2D eigenvalue weighted by atomic mass is 10.2. The molecule has 0 spiro atoms. The van der Waals surface area contributed by atoms with Crippen molar-refractivity contribution in [2.24, 2.45) is 0 Å². The number of nitro benzene ring substituents is 1. The molecule has 2 aromatic carbocycles. The van der Waals surface area contributed by atoms with E-state index in [1.807, 2.05) is 6.07 Å². The van der Waals surface area contributed by atoms with E-state index in [0.717, 1.165) is 5.56 Å². The van der Waals surface area contributed by atoms with Crippen molar-refractivity contribution < 1.29 is 18.9 Å². The number of anilines is 1. The van der Waals surface area contributed by atoms with Gasteiger partial charge in [-0.15, -0.1) is 0 Å². The molecule has 33 heavy (non-hydrogen) atoms. The first-order valence-corrected chi connectivity index (χ1v) is 10.4. The molecule has 11 heteroatoms. The lowest BCUT2D eigenvalue weighted by Gasteiger charge is -2.05. The van der Waals surface area contributed by atoms with Gasteiger partial charge in [0.1, 0.15) is 12.4 Å². The number of nitro groups is 1. The number of carbonyl (C=O) groups is 1. The number of hydrogen-bond donors (Lipinski definition) is 1. The molecule has 0 bridgehead atoms. The van der Waals surface area contributed by atoms with Crippen LogP contribution in [0.1, 0.15) is 21.9 Å². The van der Waals surface area contributed by atoms with Gasteiger partial charge in [0, 0.05) is 18.3 Å². The monoisotopic (exact) mass is 486 g/mol. The smallest absolute Gasteiger partial charge is 0.310 e. The van der Waals surface area contributed by atoms with Crippen LogP contribution in [0.2, 0.25) is 10.0 Å². The van der Waals surface area contributed by atoms with Crippen LogP contribution in [0, 0.1) is 10.1 Å². The first-order valence-electron chi connectivity index (χ1n) is 9.63. The molecule has 0 radical (unpaired) electrons. The van der Waals surface area contributed by atoms with E-state index in [9.17, 15) is 14.9 Å². The van der Waals surface area contributed by atoms with Crippen molar-refractivity contribution in [2.45, 2.75) is 13.2 Å². The van der Waals surface area contributed by atoms with Gasteiger partial charge >= 0.3 is 5.69 Å². The van der Waals surface area contributed by atoms with Gasteiger partial charge in [-0.2, -0.15) is 5.10 Å². The molecule has 168 valence electrons. The first kappa shape index (κ1) is 22.4. The Labute approximate surface area is 197 Å². The fraction of sp³-hybridized carbons (Fsp3) is 0.0909. The Morgan fingerprint density at radius 3 is 2.73 bits per heavy atom. The third-order valence-electron chi connectivity index (χ3n) is 4.53. The second kappa shape index (κ2) is 9.76. The van der Waals surface area contributed by atoms with Crippen molar-refractivity contribution in [2.75, 3.05) is 5.32 Å². The molecular weight excluding hydrogens is 471 g/mol. The number of para-hydroxylation sites is 2. The molecule has 4 rings (SSSR count). The normalized spacial score (nSPS) is 10.7. The van der Waals surface area contributed by atoms with Crippen LogP contribution in [0.25, 0.3) is 0 Å². The molecule has 0 unspecified atom stereocenters. The average Bonchev–Trinajstić information content (AvgIpc) is 3.44. The van der Waals surface area contributed by atoms with Crippen LogP contribution in [0.3, 0.4) is 0 Å². The number of amides is 1. The number of ether oxygens (including phenoxy) is 1. The summed E-state index contributed by atoms with van der Waals surface area (Å²) in [6.45, 7) is 0.372. The molecule has 0 saturated heterocycles. The van der Waals surface area contributed by atoms with Gasteiger partial charge in [0.25, 0.3) is 5.91 Å². The Bertz CT molecular complexity index is 1320. The highest BCUT2D eigenvalue weighted by Gasteiger charge is 2.16. The predicted octanol–water partition coefficient (Wildman–Crippen LogP) is 5.57. The molecule has 1 amide bonds. The van der Waals surface area contributed by atoms with Gasteiger partial charge in [-0.05, 0) is 35.9 Å². The lowest BCUT2D eigenvalue weighted by molar-refractivity contribution is -0.386. The molecule has 0 aliphatic rings. The predicted molar refractivity (Wildman–Crippen MR) is 122 cm³/mol. The summed E-state index contributed by atoms with van der Waals surface area (Å²) in [6.07, 6.45) is 1.71. The Balaban J connectivity index is 1.35. The molecule has 0 aliphatic carbocycles. The van der Waals surface area contributed by atoms with Crippen molar-refractivity contribution >= 4 is 40.6 Å². The minimum atomic E-state index is -0.531. The first-order chi connectivity index (χ1) is 15.9. The van der Waals surface area contributed by atoms with Gasteiger partial charge in [-0.1, -0.05) is 41.4 Å². The third-order valence-corrected chi connectivity index (χ3v) is 5.27. The summed E-state index contributed by atoms with van der Waals surface area (Å²) < 4.78 is 12.6. The molecule has 0 atom stereocenters. The zero-order chi connectivity index (χ0) is 23.4. The Hall–Kier alpha value is -3.82. The van der Waals surface area contributed by atoms with Crippen molar-refractivity contribution in [3.8, 4) is 5.75 Å². The number of hydrogen-bond acceptors (Lipinski definition) is 6. The third kappa shape index (κ3) is 5.51. The van der Waals surface area contributed by atoms with Gasteiger partial charge in [0.15, 0.2) is 17.3 Å². The molecule has 0 fully saturated rings. The highest BCUT2D eigenvalue weighted by atomic mass is 35.5. The molecule has 2 heterocycles. The van der Waals surface area contributed by atoms with Gasteiger partial charge in [0.05, 0.1) is 21.5 Å². The Morgan fingerprint density at radius 1 is 1.12 bits per heavy atom. The van der Waals surface area contributed by atoms with Crippen LogP contribution in [-0.4, -0.2) is 20.6 Å². The molecule has 1 N–H and O–H groups in total. The number of rotatable bonds is 8. The Morgan fingerprint density at radius 2 is 1.94 bits per heavy atom. The van der Waals surface area contributed by atoms with E-state index in [1.54, 1.807) is 47.3 Å². The van der Waals surface area contributed by atoms with E-state index in [2.05, 4.69) is 10.4 Å². The molecule has 2 aromatic heterocycles. The van der Waals surface area contributed by atoms with Crippen molar-refractivity contribution in [1.29, 1.82) is 0 Å². The number of benzene rings is 2. The summed E-state index contributed by atoms with van der Waals surface area (Å²) in [7, 11) is 0. The maximum atomic E-state index is 12.5. The van der Waals surface area contributed by atoms with Gasteiger partial charge in [-0.3, -0.25) is 19.6 Å². The second-order valence-electron chi connectivity index (χ2n) is 6.88. The quantitative estimate of drug-likeness (QED) is 0.257. The SMILES string of the molecule is O=C(Nc1ccn(Cc2ccc(Cl)c(Cl)c2)n1)c1ccc(COc2ccccc2[N+](=O)[O-])o1. The number of nitrogens with one attached hydrogen (secondary N) is 1. The minimum Gasteiger partial charge on any atom is -0.479 e. The lowest BCUT2D eigenvalue weighted by Crippen LogP contribution is -2.12. The zero-order valence-electron chi connectivity index (χ0n) is 16.9. The van der Waals surface area contributed by atoms with Crippen LogP contribution >= 0.6 is 23.2 Å². The fourth-order valence-electron chi connectivity index (χ4n) is 2.98. The average molecular weight is 487 g/mol. The summed E-state index contributed by atoms with van der Waals surface area (Å²) in [5, 5.41) is 19.0. The van der Waals surface area contributed by atoms with E-state index < -0.39 is 10.8 Å². The molecule has 4 aromatic rings. The molecule has 9 nitrogen and oxygen atoms in total. The number of furan rings is 1. The maximum absolute atomic E-state index is 12.5. The van der Waals surface area contributed by atoms with E-state index >= 15 is 0 Å². The van der Waals surface area contributed by atoms with Crippen LogP contribution in [-0.2, 0) is 13.2 Å². The van der Waals surface area contributed by atoms with E-state index in [-0.39, 0.29) is 23.8 Å². The van der Waals surface area contributed by atoms with Crippen LogP contribution in [0.4, 0.5) is 11.5 Å². The van der Waals surface area contributed by atoms with Crippen LogP contribution < -0.4 is 10.1 Å². The molecular formula is C22H16Cl2N4O5. The highest BCUT2D eigenvalue weighted by molar-refractivity contribution is 6.42. The zero-order valence-corrected chi connectivity index (χ0v) is 18.4. The summed E-state index contributed by atoms with van der Waals surface area (Å²) in [5.74, 6) is 0.344. The van der Waals surface area contributed by atoms with E-state index in [0.29, 0.717) is 28.2 Å². The molecule has 0 saturated carbocycles. The standard InChI is InChI=1S/C22H16Cl2N4O5/c23-16-7-5-14(11-17(16)24)12-27-10-9-21(26-27)25-22(29)20-8-6-15(33-20)13-32-19-4-2-1-3-18(19)28(30)31/h1-11H,12-13H2,(H,25,26,29). The van der Waals surface area contributed by atoms with E-state index in [4.69, 9.17) is 32.4 Å². The topological polar surface area (TPSA) is 112 Å². The van der Waals surface area contributed by atoms with Crippen molar-refractivity contribution in [3.63, 3.8) is 0 Å². The number of carbonyl (C=O) groups excluding carboxylic acids is 1. The summed E-state index contributed by atoms with van der Waals surface area (Å²) in [4.78, 5) is 23.0. The van der Waals surface area contributed by atoms with Gasteiger partial charge in [0.2, 0.25) is 0 Å². The number of nitrogens with zero attached hydrogens (tertiary/aromatic N) is 3. The van der Waals surface area contributed by atoms with Crippen molar-refractivity contribution in [1.82, 2.24) is 9.78 Å². The molecule has 0 aliphatic heterocycles. The van der Waals surface area contributed by atoms with Gasteiger partial charge < -0.3 is 14.5 Å². The maximum Gasteiger partial charge on any atom is 0.310 e. The van der Waals surface area contributed by atoms with Crippen LogP contribution in [0.15, 0.2) is 71.3 Å².